The predicted octanol–water partition coefficient (Wildman–Crippen LogP) is 0.472. The normalized spacial score (nSPS) is 19.5. The molecule has 1 aromatic carbocycles. The second kappa shape index (κ2) is 4.41. The van der Waals surface area contributed by atoms with Gasteiger partial charge in [0.05, 0.1) is 0 Å². The van der Waals surface area contributed by atoms with Crippen LogP contribution in [0.25, 0.3) is 0 Å². The average Bonchev–Trinajstić information content (AvgIpc) is 2.23. The molecule has 1 saturated heterocycles. The topological polar surface area (TPSA) is 41.7 Å². The van der Waals surface area contributed by atoms with Gasteiger partial charge in [-0.3, -0.25) is 5.84 Å². The molecule has 2 rings (SSSR count). The van der Waals surface area contributed by atoms with Crippen LogP contribution in [0.15, 0.2) is 30.3 Å². The Bertz CT molecular complexity index is 270. The number of nitrogens with zero attached hydrogens (tertiary/aromatic N) is 2. The van der Waals surface area contributed by atoms with Gasteiger partial charge in [0, 0.05) is 26.2 Å². The number of hydrogen-bond acceptors (Lipinski definition) is 4. The minimum absolute atomic E-state index is 0.853. The van der Waals surface area contributed by atoms with Gasteiger partial charge in [-0.05, 0) is 12.1 Å². The fraction of sp³-hybridized carbons (Fsp3) is 0.400. The molecule has 1 fully saturated rings. The highest BCUT2D eigenvalue weighted by Crippen LogP contribution is 2.11. The Morgan fingerprint density at radius 3 is 2.29 bits per heavy atom. The molecule has 1 aliphatic rings. The Morgan fingerprint density at radius 2 is 1.64 bits per heavy atom. The molecule has 14 heavy (non-hydrogen) atoms. The maximum Gasteiger partial charge on any atom is 0.147 e. The van der Waals surface area contributed by atoms with Crippen molar-refractivity contribution in [1.82, 2.24) is 10.1 Å². The zero-order chi connectivity index (χ0) is 9.80. The average molecular weight is 193 g/mol. The lowest BCUT2D eigenvalue weighted by Crippen LogP contribution is -2.50. The van der Waals surface area contributed by atoms with E-state index in [0.29, 0.717) is 0 Å². The molecule has 76 valence electrons. The first-order valence-electron chi connectivity index (χ1n) is 4.82. The van der Waals surface area contributed by atoms with Crippen LogP contribution in [0.5, 0.6) is 5.75 Å². The van der Waals surface area contributed by atoms with Crippen LogP contribution in [-0.4, -0.2) is 36.3 Å². The summed E-state index contributed by atoms with van der Waals surface area (Å²) in [4.78, 5) is 5.65. The molecule has 0 radical (unpaired) electrons. The first-order valence-corrected chi connectivity index (χ1v) is 4.82. The zero-order valence-electron chi connectivity index (χ0n) is 8.10. The summed E-state index contributed by atoms with van der Waals surface area (Å²) in [5, 5.41) is 3.75. The van der Waals surface area contributed by atoms with Gasteiger partial charge in [0.15, 0.2) is 0 Å². The Kier molecular flexibility index (Phi) is 2.98. The van der Waals surface area contributed by atoms with Crippen LogP contribution >= 0.6 is 0 Å². The lowest BCUT2D eigenvalue weighted by atomic mass is 10.3. The predicted molar refractivity (Wildman–Crippen MR) is 54.4 cm³/mol. The summed E-state index contributed by atoms with van der Waals surface area (Å²) in [6.07, 6.45) is 0. The van der Waals surface area contributed by atoms with Gasteiger partial charge in [0.25, 0.3) is 0 Å². The van der Waals surface area contributed by atoms with Crippen molar-refractivity contribution in [2.24, 2.45) is 5.84 Å². The third-order valence-electron chi connectivity index (χ3n) is 2.25. The zero-order valence-corrected chi connectivity index (χ0v) is 8.10. The van der Waals surface area contributed by atoms with E-state index < -0.39 is 0 Å². The second-order valence-corrected chi connectivity index (χ2v) is 3.37. The number of hydroxylamine groups is 2. The monoisotopic (exact) mass is 193 g/mol. The van der Waals surface area contributed by atoms with Crippen LogP contribution in [0.2, 0.25) is 0 Å². The van der Waals surface area contributed by atoms with E-state index in [1.54, 1.807) is 0 Å². The summed E-state index contributed by atoms with van der Waals surface area (Å²) in [5.74, 6) is 6.53. The molecule has 0 bridgehead atoms. The highest BCUT2D eigenvalue weighted by atomic mass is 16.7. The lowest BCUT2D eigenvalue weighted by molar-refractivity contribution is -0.0887. The second-order valence-electron chi connectivity index (χ2n) is 3.37. The van der Waals surface area contributed by atoms with Gasteiger partial charge >= 0.3 is 0 Å². The summed E-state index contributed by atoms with van der Waals surface area (Å²) in [6.45, 7) is 3.41. The van der Waals surface area contributed by atoms with Crippen molar-refractivity contribution >= 4 is 0 Å². The molecule has 0 aromatic heterocycles. The SMILES string of the molecule is NN1CCN(Oc2ccccc2)CC1. The third kappa shape index (κ3) is 2.45. The fourth-order valence-corrected chi connectivity index (χ4v) is 1.43. The Labute approximate surface area is 83.8 Å². The molecular weight excluding hydrogens is 178 g/mol. The lowest BCUT2D eigenvalue weighted by Gasteiger charge is -2.31. The standard InChI is InChI=1S/C10H15N3O/c11-12-6-8-13(9-7-12)14-10-4-2-1-3-5-10/h1-5H,6-9,11H2. The van der Waals surface area contributed by atoms with Crippen molar-refractivity contribution in [1.29, 1.82) is 0 Å². The minimum Gasteiger partial charge on any atom is -0.406 e. The Balaban J connectivity index is 1.87. The van der Waals surface area contributed by atoms with Crippen molar-refractivity contribution in [3.05, 3.63) is 30.3 Å². The van der Waals surface area contributed by atoms with Gasteiger partial charge in [0.2, 0.25) is 0 Å². The molecule has 0 aliphatic carbocycles. The van der Waals surface area contributed by atoms with Crippen LogP contribution in [-0.2, 0) is 0 Å². The molecule has 0 amide bonds. The highest BCUT2D eigenvalue weighted by Gasteiger charge is 2.15. The first kappa shape index (κ1) is 9.45. The molecule has 1 aliphatic heterocycles. The maximum absolute atomic E-state index is 5.65. The molecule has 2 N–H and O–H groups in total. The van der Waals surface area contributed by atoms with E-state index in [1.165, 1.54) is 0 Å². The van der Waals surface area contributed by atoms with E-state index in [0.717, 1.165) is 31.9 Å². The van der Waals surface area contributed by atoms with Crippen LogP contribution in [0.1, 0.15) is 0 Å². The molecular formula is C10H15N3O. The fourth-order valence-electron chi connectivity index (χ4n) is 1.43. The van der Waals surface area contributed by atoms with E-state index in [-0.39, 0.29) is 0 Å². The molecule has 0 unspecified atom stereocenters. The molecule has 1 aromatic rings. The molecule has 0 saturated carbocycles. The van der Waals surface area contributed by atoms with Crippen molar-refractivity contribution in [3.63, 3.8) is 0 Å². The van der Waals surface area contributed by atoms with E-state index in [9.17, 15) is 0 Å². The largest absolute Gasteiger partial charge is 0.406 e. The van der Waals surface area contributed by atoms with Crippen LogP contribution in [0.3, 0.4) is 0 Å². The Hall–Kier alpha value is -1.10. The van der Waals surface area contributed by atoms with Gasteiger partial charge in [-0.2, -0.15) is 0 Å². The highest BCUT2D eigenvalue weighted by molar-refractivity contribution is 5.20. The molecule has 4 heteroatoms. The summed E-state index contributed by atoms with van der Waals surface area (Å²) >= 11 is 0. The van der Waals surface area contributed by atoms with Crippen LogP contribution < -0.4 is 10.7 Å². The number of para-hydroxylation sites is 1. The number of piperazine rings is 1. The summed E-state index contributed by atoms with van der Waals surface area (Å²) in [5.41, 5.74) is 0. The van der Waals surface area contributed by atoms with Gasteiger partial charge < -0.3 is 4.84 Å². The molecule has 4 nitrogen and oxygen atoms in total. The number of rotatable bonds is 2. The van der Waals surface area contributed by atoms with E-state index in [1.807, 2.05) is 40.4 Å². The van der Waals surface area contributed by atoms with Gasteiger partial charge in [-0.25, -0.2) is 5.01 Å². The van der Waals surface area contributed by atoms with E-state index in [4.69, 9.17) is 10.7 Å². The van der Waals surface area contributed by atoms with E-state index >= 15 is 0 Å². The Morgan fingerprint density at radius 1 is 1.00 bits per heavy atom. The summed E-state index contributed by atoms with van der Waals surface area (Å²) in [7, 11) is 0. The maximum atomic E-state index is 5.65. The van der Waals surface area contributed by atoms with Crippen molar-refractivity contribution < 1.29 is 4.84 Å². The van der Waals surface area contributed by atoms with Crippen molar-refractivity contribution in [2.75, 3.05) is 26.2 Å². The van der Waals surface area contributed by atoms with Crippen LogP contribution in [0.4, 0.5) is 0 Å². The van der Waals surface area contributed by atoms with Crippen molar-refractivity contribution in [2.45, 2.75) is 0 Å². The van der Waals surface area contributed by atoms with Crippen molar-refractivity contribution in [3.8, 4) is 5.75 Å². The van der Waals surface area contributed by atoms with Gasteiger partial charge in [0.1, 0.15) is 5.75 Å². The van der Waals surface area contributed by atoms with E-state index in [2.05, 4.69) is 0 Å². The van der Waals surface area contributed by atoms with Gasteiger partial charge in [-0.1, -0.05) is 18.2 Å². The number of benzene rings is 1. The van der Waals surface area contributed by atoms with Crippen LogP contribution in [0, 0.1) is 0 Å². The quantitative estimate of drug-likeness (QED) is 0.693. The minimum atomic E-state index is 0.853. The summed E-state index contributed by atoms with van der Waals surface area (Å²) < 4.78 is 0. The number of nitrogens with two attached hydrogens (primary N) is 1. The number of hydrogen-bond donors (Lipinski definition) is 1. The molecule has 0 atom stereocenters. The smallest absolute Gasteiger partial charge is 0.147 e. The van der Waals surface area contributed by atoms with Gasteiger partial charge in [-0.15, -0.1) is 5.06 Å². The molecule has 1 heterocycles. The summed E-state index contributed by atoms with van der Waals surface area (Å²) in [6, 6.07) is 9.82. The first-order chi connectivity index (χ1) is 6.84. The molecule has 0 spiro atoms. The number of hydrazine groups is 1. The third-order valence-corrected chi connectivity index (χ3v) is 2.25.